The zero-order chi connectivity index (χ0) is 16.4. The summed E-state index contributed by atoms with van der Waals surface area (Å²) in [7, 11) is -3.48. The fourth-order valence-electron chi connectivity index (χ4n) is 3.31. The lowest BCUT2D eigenvalue weighted by Crippen LogP contribution is -2.63. The van der Waals surface area contributed by atoms with E-state index in [0.29, 0.717) is 18.0 Å². The highest BCUT2D eigenvalue weighted by Gasteiger charge is 2.32. The van der Waals surface area contributed by atoms with E-state index in [1.807, 2.05) is 13.8 Å². The second-order valence-electron chi connectivity index (χ2n) is 6.20. The summed E-state index contributed by atoms with van der Waals surface area (Å²) in [6, 6.07) is 5.28. The van der Waals surface area contributed by atoms with Gasteiger partial charge in [-0.15, -0.1) is 0 Å². The minimum Gasteiger partial charge on any atom is -0.494 e. The smallest absolute Gasteiger partial charge is 0.240 e. The van der Waals surface area contributed by atoms with Gasteiger partial charge in [-0.1, -0.05) is 0 Å². The van der Waals surface area contributed by atoms with E-state index in [0.717, 1.165) is 44.0 Å². The van der Waals surface area contributed by atoms with E-state index in [1.54, 1.807) is 18.2 Å². The van der Waals surface area contributed by atoms with Crippen molar-refractivity contribution in [1.82, 2.24) is 14.5 Å². The van der Waals surface area contributed by atoms with Crippen molar-refractivity contribution in [3.8, 4) is 5.75 Å². The molecule has 1 N–H and O–H groups in total. The van der Waals surface area contributed by atoms with Crippen LogP contribution in [-0.4, -0.2) is 70.1 Å². The van der Waals surface area contributed by atoms with E-state index in [4.69, 9.17) is 4.74 Å². The summed E-state index contributed by atoms with van der Waals surface area (Å²) < 4.78 is 33.3. The van der Waals surface area contributed by atoms with E-state index in [9.17, 15) is 8.42 Å². The minimum atomic E-state index is -3.48. The predicted octanol–water partition coefficient (Wildman–Crippen LogP) is 0.672. The van der Waals surface area contributed by atoms with E-state index in [2.05, 4.69) is 14.5 Å². The lowest BCUT2D eigenvalue weighted by molar-refractivity contribution is 0.0158. The molecular weight excluding hydrogens is 314 g/mol. The number of hydrogen-bond donors (Lipinski definition) is 1. The quantitative estimate of drug-likeness (QED) is 0.825. The van der Waals surface area contributed by atoms with Gasteiger partial charge in [0.05, 0.1) is 11.5 Å². The first-order valence-electron chi connectivity index (χ1n) is 8.19. The largest absolute Gasteiger partial charge is 0.494 e. The van der Waals surface area contributed by atoms with Crippen molar-refractivity contribution in [2.24, 2.45) is 0 Å². The molecule has 1 unspecified atom stereocenters. The van der Waals surface area contributed by atoms with Gasteiger partial charge in [-0.3, -0.25) is 9.80 Å². The Bertz CT molecular complexity index is 655. The summed E-state index contributed by atoms with van der Waals surface area (Å²) in [5.41, 5.74) is 0.835. The highest BCUT2D eigenvalue weighted by Crippen LogP contribution is 2.22. The van der Waals surface area contributed by atoms with Crippen LogP contribution in [0.4, 0.5) is 0 Å². The van der Waals surface area contributed by atoms with Gasteiger partial charge in [0.25, 0.3) is 0 Å². The van der Waals surface area contributed by atoms with Gasteiger partial charge in [0.15, 0.2) is 0 Å². The van der Waals surface area contributed by atoms with Crippen molar-refractivity contribution in [3.05, 3.63) is 23.8 Å². The lowest BCUT2D eigenvalue weighted by Gasteiger charge is -2.47. The Labute approximate surface area is 138 Å². The van der Waals surface area contributed by atoms with Crippen LogP contribution in [0.1, 0.15) is 12.5 Å². The van der Waals surface area contributed by atoms with Crippen LogP contribution in [0.25, 0.3) is 0 Å². The Morgan fingerprint density at radius 2 is 2.00 bits per heavy atom. The van der Waals surface area contributed by atoms with Gasteiger partial charge in [0.2, 0.25) is 10.0 Å². The molecule has 4 rings (SSSR count). The van der Waals surface area contributed by atoms with Crippen LogP contribution in [-0.2, 0) is 10.0 Å². The Balaban J connectivity index is 1.66. The summed E-state index contributed by atoms with van der Waals surface area (Å²) in [5, 5.41) is 0. The average Bonchev–Trinajstić information content (AvgIpc) is 2.56. The van der Waals surface area contributed by atoms with E-state index < -0.39 is 10.0 Å². The molecule has 7 heteroatoms. The third-order valence-corrected chi connectivity index (χ3v) is 6.08. The van der Waals surface area contributed by atoms with Gasteiger partial charge in [-0.05, 0) is 37.6 Å². The Morgan fingerprint density at radius 1 is 1.26 bits per heavy atom. The molecule has 3 aliphatic rings. The summed E-state index contributed by atoms with van der Waals surface area (Å²) in [6.45, 7) is 10.0. The monoisotopic (exact) mass is 339 g/mol. The number of ether oxygens (including phenoxy) is 1. The molecule has 3 aliphatic heterocycles. The zero-order valence-corrected chi connectivity index (χ0v) is 14.6. The van der Waals surface area contributed by atoms with Crippen molar-refractivity contribution in [1.29, 1.82) is 0 Å². The zero-order valence-electron chi connectivity index (χ0n) is 13.8. The second-order valence-corrected chi connectivity index (χ2v) is 7.97. The fourth-order valence-corrected chi connectivity index (χ4v) is 4.47. The number of benzene rings is 1. The van der Waals surface area contributed by atoms with Crippen LogP contribution in [0.15, 0.2) is 23.1 Å². The molecule has 1 aromatic carbocycles. The fraction of sp³-hybridized carbons (Fsp3) is 0.625. The van der Waals surface area contributed by atoms with Crippen LogP contribution >= 0.6 is 0 Å². The van der Waals surface area contributed by atoms with E-state index in [1.165, 1.54) is 0 Å². The van der Waals surface area contributed by atoms with E-state index >= 15 is 0 Å². The number of sulfonamides is 1. The molecule has 3 heterocycles. The molecule has 23 heavy (non-hydrogen) atoms. The predicted molar refractivity (Wildman–Crippen MR) is 89.3 cm³/mol. The third kappa shape index (κ3) is 3.68. The molecule has 0 aliphatic carbocycles. The molecule has 0 amide bonds. The maximum atomic E-state index is 12.5. The standard InChI is InChI=1S/C16H25N3O3S/c1-3-22-16-5-4-15(10-13(16)2)23(20,21)17-11-14-12-18-6-8-19(14)9-7-18/h4-5,10,14,17H,3,6-9,11-12H2,1-2H3. The number of aryl methyl sites for hydroxylation is 1. The molecule has 0 saturated carbocycles. The Kier molecular flexibility index (Phi) is 4.91. The molecule has 1 atom stereocenters. The summed E-state index contributed by atoms with van der Waals surface area (Å²) in [6.07, 6.45) is 0. The first-order valence-corrected chi connectivity index (χ1v) is 9.67. The molecule has 2 bridgehead atoms. The molecule has 128 valence electrons. The van der Waals surface area contributed by atoms with Crippen LogP contribution < -0.4 is 9.46 Å². The molecule has 0 spiro atoms. The number of hydrogen-bond acceptors (Lipinski definition) is 5. The van der Waals surface area contributed by atoms with Gasteiger partial charge >= 0.3 is 0 Å². The average molecular weight is 339 g/mol. The van der Waals surface area contributed by atoms with Crippen LogP contribution in [0.2, 0.25) is 0 Å². The van der Waals surface area contributed by atoms with Gasteiger partial charge in [0, 0.05) is 45.3 Å². The third-order valence-electron chi connectivity index (χ3n) is 4.66. The van der Waals surface area contributed by atoms with Gasteiger partial charge in [-0.2, -0.15) is 0 Å². The first-order chi connectivity index (χ1) is 11.0. The molecule has 3 fully saturated rings. The van der Waals surface area contributed by atoms with Crippen LogP contribution in [0, 0.1) is 6.92 Å². The molecule has 0 radical (unpaired) electrons. The van der Waals surface area contributed by atoms with Crippen molar-refractivity contribution in [2.45, 2.75) is 24.8 Å². The molecule has 6 nitrogen and oxygen atoms in total. The van der Waals surface area contributed by atoms with Gasteiger partial charge in [-0.25, -0.2) is 13.1 Å². The number of rotatable bonds is 6. The number of piperazine rings is 3. The van der Waals surface area contributed by atoms with Crippen molar-refractivity contribution < 1.29 is 13.2 Å². The first kappa shape index (κ1) is 16.7. The Hall–Kier alpha value is -1.15. The van der Waals surface area contributed by atoms with Crippen LogP contribution in [0.5, 0.6) is 5.75 Å². The molecule has 1 aromatic rings. The van der Waals surface area contributed by atoms with Crippen LogP contribution in [0.3, 0.4) is 0 Å². The van der Waals surface area contributed by atoms with Crippen molar-refractivity contribution >= 4 is 10.0 Å². The van der Waals surface area contributed by atoms with Crippen molar-refractivity contribution in [3.63, 3.8) is 0 Å². The summed E-state index contributed by atoms with van der Waals surface area (Å²) in [4.78, 5) is 5.08. The maximum Gasteiger partial charge on any atom is 0.240 e. The number of nitrogens with zero attached hydrogens (tertiary/aromatic N) is 2. The number of fused-ring (bicyclic) bond motifs is 3. The molecular formula is C16H25N3O3S. The lowest BCUT2D eigenvalue weighted by atomic mass is 10.1. The second kappa shape index (κ2) is 6.76. The Morgan fingerprint density at radius 3 is 2.57 bits per heavy atom. The summed E-state index contributed by atoms with van der Waals surface area (Å²) >= 11 is 0. The number of nitrogens with one attached hydrogen (secondary N) is 1. The minimum absolute atomic E-state index is 0.274. The highest BCUT2D eigenvalue weighted by atomic mass is 32.2. The van der Waals surface area contributed by atoms with Crippen molar-refractivity contribution in [2.75, 3.05) is 45.9 Å². The van der Waals surface area contributed by atoms with Gasteiger partial charge < -0.3 is 4.74 Å². The van der Waals surface area contributed by atoms with Gasteiger partial charge in [0.1, 0.15) is 5.75 Å². The summed E-state index contributed by atoms with van der Waals surface area (Å²) in [5.74, 6) is 0.731. The van der Waals surface area contributed by atoms with E-state index in [-0.39, 0.29) is 6.04 Å². The highest BCUT2D eigenvalue weighted by molar-refractivity contribution is 7.89. The SMILES string of the molecule is CCOc1ccc(S(=O)(=O)NCC2CN3CCN2CC3)cc1C. The molecule has 3 saturated heterocycles. The maximum absolute atomic E-state index is 12.5. The normalized spacial score (nSPS) is 27.1. The topological polar surface area (TPSA) is 61.9 Å². The molecule has 0 aromatic heterocycles.